The molecule has 3 aromatic rings. The largest absolute Gasteiger partial charge is 0.374 e. The van der Waals surface area contributed by atoms with Crippen molar-refractivity contribution < 1.29 is 4.79 Å². The Morgan fingerprint density at radius 1 is 1.09 bits per heavy atom. The molecule has 0 unspecified atom stereocenters. The van der Waals surface area contributed by atoms with Gasteiger partial charge in [-0.3, -0.25) is 9.59 Å². The lowest BCUT2D eigenvalue weighted by Crippen LogP contribution is -2.30. The average molecular weight is 445 g/mol. The van der Waals surface area contributed by atoms with E-state index in [9.17, 15) is 9.59 Å². The molecule has 0 saturated heterocycles. The lowest BCUT2D eigenvalue weighted by molar-refractivity contribution is 0.0949. The van der Waals surface area contributed by atoms with Crippen molar-refractivity contribution in [3.05, 3.63) is 99.0 Å². The second-order valence-electron chi connectivity index (χ2n) is 8.87. The predicted molar refractivity (Wildman–Crippen MR) is 133 cm³/mol. The minimum Gasteiger partial charge on any atom is -0.374 e. The van der Waals surface area contributed by atoms with Crippen LogP contribution in [0.2, 0.25) is 0 Å². The number of carbonyl (C=O) groups is 1. The van der Waals surface area contributed by atoms with Gasteiger partial charge in [-0.1, -0.05) is 42.5 Å². The quantitative estimate of drug-likeness (QED) is 0.559. The van der Waals surface area contributed by atoms with Gasteiger partial charge in [-0.15, -0.1) is 0 Å². The number of nitrogens with one attached hydrogen (secondary N) is 2. The van der Waals surface area contributed by atoms with Gasteiger partial charge in [-0.2, -0.15) is 0 Å². The van der Waals surface area contributed by atoms with Crippen LogP contribution in [0, 0.1) is 0 Å². The highest BCUT2D eigenvalue weighted by molar-refractivity contribution is 5.93. The van der Waals surface area contributed by atoms with Crippen LogP contribution in [0.15, 0.2) is 65.5 Å². The van der Waals surface area contributed by atoms with Crippen LogP contribution in [0.25, 0.3) is 0 Å². The van der Waals surface area contributed by atoms with Gasteiger partial charge in [-0.05, 0) is 61.2 Å². The summed E-state index contributed by atoms with van der Waals surface area (Å²) in [5, 5.41) is 2.89. The van der Waals surface area contributed by atoms with E-state index in [1.807, 2.05) is 37.4 Å². The maximum absolute atomic E-state index is 12.6. The molecule has 2 N–H and O–H groups in total. The molecule has 33 heavy (non-hydrogen) atoms. The molecule has 0 saturated carbocycles. The van der Waals surface area contributed by atoms with E-state index < -0.39 is 0 Å². The van der Waals surface area contributed by atoms with Gasteiger partial charge in [0.15, 0.2) is 0 Å². The van der Waals surface area contributed by atoms with Crippen molar-refractivity contribution in [1.29, 1.82) is 0 Å². The standard InChI is InChI=1S/C27H32N4O2/c1-30(16-14-20-7-4-3-5-8-20)19-23-11-12-24(27(33)29-23)26(32)28-18-21-10-13-25-22(17-21)9-6-15-31(25)2/h3-5,7-8,10-13,17H,6,9,14-16,18-19H2,1-2H3,(H,28,32)(H,29,33). The van der Waals surface area contributed by atoms with E-state index in [1.165, 1.54) is 16.8 Å². The molecule has 6 heteroatoms. The van der Waals surface area contributed by atoms with Gasteiger partial charge < -0.3 is 20.1 Å². The molecule has 6 nitrogen and oxygen atoms in total. The second kappa shape index (κ2) is 10.5. The number of aromatic amines is 1. The monoisotopic (exact) mass is 444 g/mol. The van der Waals surface area contributed by atoms with Crippen molar-refractivity contribution >= 4 is 11.6 Å². The third-order valence-corrected chi connectivity index (χ3v) is 6.23. The van der Waals surface area contributed by atoms with Gasteiger partial charge in [0.1, 0.15) is 5.56 Å². The number of fused-ring (bicyclic) bond motifs is 1. The third-order valence-electron chi connectivity index (χ3n) is 6.23. The fourth-order valence-corrected chi connectivity index (χ4v) is 4.35. The molecule has 0 aliphatic carbocycles. The lowest BCUT2D eigenvalue weighted by Gasteiger charge is -2.27. The molecule has 0 spiro atoms. The Labute approximate surface area is 195 Å². The third kappa shape index (κ3) is 5.90. The first-order chi connectivity index (χ1) is 16.0. The Morgan fingerprint density at radius 3 is 2.70 bits per heavy atom. The maximum Gasteiger partial charge on any atom is 0.261 e. The van der Waals surface area contributed by atoms with Crippen molar-refractivity contribution in [1.82, 2.24) is 15.2 Å². The Hall–Kier alpha value is -3.38. The van der Waals surface area contributed by atoms with Crippen molar-refractivity contribution in [2.45, 2.75) is 32.4 Å². The number of anilines is 1. The highest BCUT2D eigenvalue weighted by Gasteiger charge is 2.15. The number of amides is 1. The SMILES string of the molecule is CN(CCc1ccccc1)Cc1ccc(C(=O)NCc2ccc3c(c2)CCCN3C)c(=O)[nH]1. The maximum atomic E-state index is 12.6. The van der Waals surface area contributed by atoms with Gasteiger partial charge >= 0.3 is 0 Å². The molecule has 1 aliphatic heterocycles. The van der Waals surface area contributed by atoms with Crippen LogP contribution in [0.3, 0.4) is 0 Å². The van der Waals surface area contributed by atoms with E-state index in [-0.39, 0.29) is 17.0 Å². The Bertz CT molecular complexity index is 1160. The summed E-state index contributed by atoms with van der Waals surface area (Å²) < 4.78 is 0. The van der Waals surface area contributed by atoms with Crippen LogP contribution >= 0.6 is 0 Å². The molecular formula is C27H32N4O2. The van der Waals surface area contributed by atoms with Gasteiger partial charge in [0.2, 0.25) is 0 Å². The Kier molecular flexibility index (Phi) is 7.25. The number of carbonyl (C=O) groups excluding carboxylic acids is 1. The van der Waals surface area contributed by atoms with Crippen molar-refractivity contribution in [2.75, 3.05) is 32.1 Å². The highest BCUT2D eigenvalue weighted by atomic mass is 16.2. The molecule has 1 aromatic heterocycles. The van der Waals surface area contributed by atoms with Crippen LogP contribution in [-0.2, 0) is 25.9 Å². The average Bonchev–Trinajstić information content (AvgIpc) is 2.82. The first kappa shape index (κ1) is 22.8. The van der Waals surface area contributed by atoms with Gasteiger partial charge in [0, 0.05) is 44.6 Å². The number of nitrogens with zero attached hydrogens (tertiary/aromatic N) is 2. The van der Waals surface area contributed by atoms with Crippen molar-refractivity contribution in [3.63, 3.8) is 0 Å². The van der Waals surface area contributed by atoms with Crippen LogP contribution in [0.4, 0.5) is 5.69 Å². The molecule has 0 atom stereocenters. The minimum atomic E-state index is -0.353. The molecule has 2 heterocycles. The molecule has 0 bridgehead atoms. The van der Waals surface area contributed by atoms with Crippen LogP contribution < -0.4 is 15.8 Å². The number of pyridine rings is 1. The smallest absolute Gasteiger partial charge is 0.261 e. The number of hydrogen-bond acceptors (Lipinski definition) is 4. The number of hydrogen-bond donors (Lipinski definition) is 2. The molecular weight excluding hydrogens is 412 g/mol. The van der Waals surface area contributed by atoms with Crippen molar-refractivity contribution in [2.24, 2.45) is 0 Å². The van der Waals surface area contributed by atoms with Crippen LogP contribution in [0.1, 0.15) is 39.2 Å². The summed E-state index contributed by atoms with van der Waals surface area (Å²) in [6.45, 7) is 2.97. The Balaban J connectivity index is 1.32. The summed E-state index contributed by atoms with van der Waals surface area (Å²) in [6, 6.07) is 20.1. The molecule has 2 aromatic carbocycles. The number of rotatable bonds is 8. The number of aromatic nitrogens is 1. The lowest BCUT2D eigenvalue weighted by atomic mass is 9.99. The highest BCUT2D eigenvalue weighted by Crippen LogP contribution is 2.26. The molecule has 1 aliphatic rings. The van der Waals surface area contributed by atoms with Crippen LogP contribution in [0.5, 0.6) is 0 Å². The van der Waals surface area contributed by atoms with Gasteiger partial charge in [-0.25, -0.2) is 0 Å². The van der Waals surface area contributed by atoms with E-state index >= 15 is 0 Å². The summed E-state index contributed by atoms with van der Waals surface area (Å²) >= 11 is 0. The van der Waals surface area contributed by atoms with E-state index in [0.29, 0.717) is 13.1 Å². The summed E-state index contributed by atoms with van der Waals surface area (Å²) in [4.78, 5) is 32.5. The van der Waals surface area contributed by atoms with Gasteiger partial charge in [0.05, 0.1) is 0 Å². The zero-order valence-corrected chi connectivity index (χ0v) is 19.4. The molecule has 0 fully saturated rings. The molecule has 4 rings (SSSR count). The summed E-state index contributed by atoms with van der Waals surface area (Å²) in [6.07, 6.45) is 3.14. The summed E-state index contributed by atoms with van der Waals surface area (Å²) in [7, 11) is 4.13. The van der Waals surface area contributed by atoms with Crippen LogP contribution in [-0.4, -0.2) is 43.0 Å². The minimum absolute atomic E-state index is 0.142. The summed E-state index contributed by atoms with van der Waals surface area (Å²) in [5.74, 6) is -0.352. The number of benzene rings is 2. The predicted octanol–water partition coefficient (Wildman–Crippen LogP) is 3.36. The Morgan fingerprint density at radius 2 is 1.91 bits per heavy atom. The van der Waals surface area contributed by atoms with Gasteiger partial charge in [0.25, 0.3) is 11.5 Å². The zero-order valence-electron chi connectivity index (χ0n) is 19.4. The topological polar surface area (TPSA) is 68.4 Å². The molecule has 1 amide bonds. The first-order valence-corrected chi connectivity index (χ1v) is 11.6. The summed E-state index contributed by atoms with van der Waals surface area (Å²) in [5.41, 5.74) is 5.50. The van der Waals surface area contributed by atoms with E-state index in [2.05, 4.69) is 51.4 Å². The number of likely N-dealkylation sites (N-methyl/N-ethyl adjacent to an activating group) is 1. The normalized spacial score (nSPS) is 13.1. The van der Waals surface area contributed by atoms with E-state index in [1.54, 1.807) is 6.07 Å². The molecule has 0 radical (unpaired) electrons. The first-order valence-electron chi connectivity index (χ1n) is 11.6. The van der Waals surface area contributed by atoms with E-state index in [4.69, 9.17) is 0 Å². The van der Waals surface area contributed by atoms with E-state index in [0.717, 1.165) is 43.6 Å². The molecule has 172 valence electrons. The zero-order chi connectivity index (χ0) is 23.2. The fourth-order valence-electron chi connectivity index (χ4n) is 4.35. The second-order valence-corrected chi connectivity index (χ2v) is 8.87. The van der Waals surface area contributed by atoms with Crippen molar-refractivity contribution in [3.8, 4) is 0 Å². The number of aryl methyl sites for hydroxylation is 1. The fraction of sp³-hybridized carbons (Fsp3) is 0.333. The number of H-pyrrole nitrogens is 1.